The highest BCUT2D eigenvalue weighted by Crippen LogP contribution is 2.23. The van der Waals surface area contributed by atoms with E-state index in [1.807, 2.05) is 0 Å². The fourth-order valence-corrected chi connectivity index (χ4v) is 3.44. The van der Waals surface area contributed by atoms with Crippen LogP contribution >= 0.6 is 0 Å². The topological polar surface area (TPSA) is 159 Å². The van der Waals surface area contributed by atoms with E-state index < -0.39 is 25.9 Å². The number of carbonyl (C=O) groups is 1. The van der Waals surface area contributed by atoms with Crippen LogP contribution in [-0.4, -0.2) is 24.2 Å². The molecule has 158 valence electrons. The number of rotatable bonds is 7. The second-order valence-electron chi connectivity index (χ2n) is 6.07. The van der Waals surface area contributed by atoms with Gasteiger partial charge in [-0.2, -0.15) is 8.42 Å². The van der Waals surface area contributed by atoms with E-state index in [1.165, 1.54) is 42.5 Å². The summed E-state index contributed by atoms with van der Waals surface area (Å²) in [6.45, 7) is 0. The maximum atomic E-state index is 12.5. The molecule has 0 radical (unpaired) electrons. The number of nitro groups is 2. The van der Waals surface area contributed by atoms with Gasteiger partial charge in [-0.15, -0.1) is 0 Å². The van der Waals surface area contributed by atoms with Crippen LogP contribution in [0.15, 0.2) is 77.7 Å². The number of hydrogen-bond donors (Lipinski definition) is 1. The third kappa shape index (κ3) is 5.19. The van der Waals surface area contributed by atoms with Gasteiger partial charge in [0.25, 0.3) is 17.3 Å². The molecule has 31 heavy (non-hydrogen) atoms. The summed E-state index contributed by atoms with van der Waals surface area (Å²) in [6, 6.07) is 14.6. The lowest BCUT2D eigenvalue weighted by atomic mass is 10.2. The molecule has 0 aliphatic heterocycles. The molecule has 0 aromatic heterocycles. The van der Waals surface area contributed by atoms with E-state index in [-0.39, 0.29) is 33.3 Å². The van der Waals surface area contributed by atoms with Crippen molar-refractivity contribution in [2.45, 2.75) is 4.90 Å². The van der Waals surface area contributed by atoms with Crippen LogP contribution in [0.1, 0.15) is 10.4 Å². The second-order valence-corrected chi connectivity index (χ2v) is 7.62. The third-order valence-electron chi connectivity index (χ3n) is 3.97. The first-order valence-corrected chi connectivity index (χ1v) is 9.91. The molecule has 3 rings (SSSR count). The van der Waals surface area contributed by atoms with E-state index in [4.69, 9.17) is 4.18 Å². The van der Waals surface area contributed by atoms with Gasteiger partial charge in [0.1, 0.15) is 10.6 Å². The monoisotopic (exact) mass is 443 g/mol. The molecule has 0 saturated carbocycles. The van der Waals surface area contributed by atoms with Crippen LogP contribution in [0.4, 0.5) is 17.1 Å². The van der Waals surface area contributed by atoms with Gasteiger partial charge in [0, 0.05) is 35.5 Å². The summed E-state index contributed by atoms with van der Waals surface area (Å²) in [5.41, 5.74) is -0.0816. The minimum absolute atomic E-state index is 0.00623. The molecule has 0 aliphatic rings. The lowest BCUT2D eigenvalue weighted by Gasteiger charge is -2.09. The number of amides is 1. The van der Waals surface area contributed by atoms with Crippen molar-refractivity contribution in [2.24, 2.45) is 0 Å². The Bertz CT molecular complexity index is 1260. The van der Waals surface area contributed by atoms with Gasteiger partial charge >= 0.3 is 10.1 Å². The van der Waals surface area contributed by atoms with E-state index in [0.29, 0.717) is 0 Å². The molecule has 3 aromatic carbocycles. The summed E-state index contributed by atoms with van der Waals surface area (Å²) in [4.78, 5) is 32.3. The van der Waals surface area contributed by atoms with E-state index in [2.05, 4.69) is 5.32 Å². The fourth-order valence-electron chi connectivity index (χ4n) is 2.46. The Morgan fingerprint density at radius 3 is 1.94 bits per heavy atom. The van der Waals surface area contributed by atoms with Gasteiger partial charge < -0.3 is 9.50 Å². The largest absolute Gasteiger partial charge is 0.379 e. The molecule has 11 nitrogen and oxygen atoms in total. The van der Waals surface area contributed by atoms with Crippen LogP contribution in [0.2, 0.25) is 0 Å². The van der Waals surface area contributed by atoms with Crippen molar-refractivity contribution < 1.29 is 27.2 Å². The zero-order valence-corrected chi connectivity index (χ0v) is 16.3. The quantitative estimate of drug-likeness (QED) is 0.330. The number of hydrogen-bond acceptors (Lipinski definition) is 8. The Labute approximate surface area is 175 Å². The molecule has 1 amide bonds. The smallest absolute Gasteiger partial charge is 0.339 e. The molecule has 0 heterocycles. The van der Waals surface area contributed by atoms with Gasteiger partial charge in [-0.25, -0.2) is 0 Å². The van der Waals surface area contributed by atoms with E-state index >= 15 is 0 Å². The molecule has 3 aromatic rings. The first kappa shape index (κ1) is 21.4. The summed E-state index contributed by atoms with van der Waals surface area (Å²) < 4.78 is 30.0. The Balaban J connectivity index is 1.77. The van der Waals surface area contributed by atoms with Crippen molar-refractivity contribution in [1.82, 2.24) is 0 Å². The summed E-state index contributed by atoms with van der Waals surface area (Å²) in [7, 11) is -4.32. The number of nitrogens with zero attached hydrogens (tertiary/aromatic N) is 2. The van der Waals surface area contributed by atoms with Gasteiger partial charge in [0.15, 0.2) is 0 Å². The number of anilines is 1. The highest BCUT2D eigenvalue weighted by Gasteiger charge is 2.19. The summed E-state index contributed by atoms with van der Waals surface area (Å²) in [5.74, 6) is -0.771. The van der Waals surface area contributed by atoms with Gasteiger partial charge in [-0.05, 0) is 42.5 Å². The molecule has 0 saturated heterocycles. The third-order valence-corrected chi connectivity index (χ3v) is 5.22. The van der Waals surface area contributed by atoms with Crippen molar-refractivity contribution in [1.29, 1.82) is 0 Å². The molecule has 0 atom stereocenters. The van der Waals surface area contributed by atoms with Crippen LogP contribution in [0, 0.1) is 20.2 Å². The van der Waals surface area contributed by atoms with E-state index in [0.717, 1.165) is 30.3 Å². The first-order chi connectivity index (χ1) is 14.7. The molecule has 0 aliphatic carbocycles. The van der Waals surface area contributed by atoms with Crippen molar-refractivity contribution >= 4 is 33.1 Å². The number of nitrogens with one attached hydrogen (secondary N) is 1. The Hall–Kier alpha value is -4.32. The zero-order valence-electron chi connectivity index (χ0n) is 15.5. The van der Waals surface area contributed by atoms with Gasteiger partial charge in [0.2, 0.25) is 0 Å². The van der Waals surface area contributed by atoms with Crippen molar-refractivity contribution in [3.05, 3.63) is 98.6 Å². The number of non-ortho nitro benzene ring substituents is 2. The SMILES string of the molecule is O=C(Nc1ccc([N+](=O)[O-])cc1)c1cccc(S(=O)(=O)Oc2ccc([N+](=O)[O-])cc2)c1. The van der Waals surface area contributed by atoms with Crippen molar-refractivity contribution in [3.8, 4) is 5.75 Å². The Morgan fingerprint density at radius 2 is 1.39 bits per heavy atom. The van der Waals surface area contributed by atoms with Crippen LogP contribution in [0.5, 0.6) is 5.75 Å². The van der Waals surface area contributed by atoms with Gasteiger partial charge in [-0.1, -0.05) is 6.07 Å². The van der Waals surface area contributed by atoms with Gasteiger partial charge in [0.05, 0.1) is 9.85 Å². The molecule has 0 fully saturated rings. The second kappa shape index (κ2) is 8.59. The maximum Gasteiger partial charge on any atom is 0.339 e. The minimum atomic E-state index is -4.32. The van der Waals surface area contributed by atoms with Crippen molar-refractivity contribution in [2.75, 3.05) is 5.32 Å². The van der Waals surface area contributed by atoms with Crippen LogP contribution in [0.3, 0.4) is 0 Å². The molecule has 12 heteroatoms. The van der Waals surface area contributed by atoms with Crippen LogP contribution in [0.25, 0.3) is 0 Å². The normalized spacial score (nSPS) is 10.8. The number of benzene rings is 3. The van der Waals surface area contributed by atoms with Crippen LogP contribution in [-0.2, 0) is 10.1 Å². The lowest BCUT2D eigenvalue weighted by Crippen LogP contribution is -2.14. The highest BCUT2D eigenvalue weighted by molar-refractivity contribution is 7.87. The Kier molecular flexibility index (Phi) is 5.93. The first-order valence-electron chi connectivity index (χ1n) is 8.50. The summed E-state index contributed by atoms with van der Waals surface area (Å²) in [5, 5.41) is 23.9. The molecular formula is C19H13N3O8S. The molecule has 0 bridgehead atoms. The fraction of sp³-hybridized carbons (Fsp3) is 0. The highest BCUT2D eigenvalue weighted by atomic mass is 32.2. The molecular weight excluding hydrogens is 430 g/mol. The predicted octanol–water partition coefficient (Wildman–Crippen LogP) is 3.52. The lowest BCUT2D eigenvalue weighted by molar-refractivity contribution is -0.385. The summed E-state index contributed by atoms with van der Waals surface area (Å²) in [6.07, 6.45) is 0. The van der Waals surface area contributed by atoms with Gasteiger partial charge in [-0.3, -0.25) is 25.0 Å². The standard InChI is InChI=1S/C19H13N3O8S/c23-19(20-14-4-6-15(7-5-14)21(24)25)13-2-1-3-18(12-13)31(28,29)30-17-10-8-16(9-11-17)22(26)27/h1-12H,(H,20,23). The van der Waals surface area contributed by atoms with E-state index in [9.17, 15) is 33.4 Å². The number of nitro benzene ring substituents is 2. The minimum Gasteiger partial charge on any atom is -0.379 e. The zero-order chi connectivity index (χ0) is 22.6. The average molecular weight is 443 g/mol. The molecule has 0 spiro atoms. The predicted molar refractivity (Wildman–Crippen MR) is 108 cm³/mol. The Morgan fingerprint density at radius 1 is 0.839 bits per heavy atom. The van der Waals surface area contributed by atoms with Crippen molar-refractivity contribution in [3.63, 3.8) is 0 Å². The van der Waals surface area contributed by atoms with E-state index in [1.54, 1.807) is 0 Å². The molecule has 1 N–H and O–H groups in total. The summed E-state index contributed by atoms with van der Waals surface area (Å²) >= 11 is 0. The number of carbonyl (C=O) groups excluding carboxylic acids is 1. The maximum absolute atomic E-state index is 12.5. The molecule has 0 unspecified atom stereocenters. The van der Waals surface area contributed by atoms with Crippen LogP contribution < -0.4 is 9.50 Å². The average Bonchev–Trinajstić information content (AvgIpc) is 2.74.